The van der Waals surface area contributed by atoms with Crippen LogP contribution in [0.15, 0.2) is 6.20 Å². The summed E-state index contributed by atoms with van der Waals surface area (Å²) in [6.45, 7) is 1.14. The first kappa shape index (κ1) is 8.95. The monoisotopic (exact) mass is 198 g/mol. The number of aromatic nitrogens is 2. The second kappa shape index (κ2) is 3.26. The van der Waals surface area contributed by atoms with Crippen molar-refractivity contribution in [1.82, 2.24) is 14.9 Å². The first-order valence-corrected chi connectivity index (χ1v) is 4.22. The number of imidazole rings is 1. The molecule has 1 aromatic rings. The van der Waals surface area contributed by atoms with Gasteiger partial charge in [0.1, 0.15) is 12.8 Å². The molecule has 1 aromatic heterocycles. The van der Waals surface area contributed by atoms with E-state index in [1.807, 2.05) is 7.05 Å². The fourth-order valence-electron chi connectivity index (χ4n) is 1.36. The molecule has 7 heteroatoms. The maximum atomic E-state index is 10.4. The van der Waals surface area contributed by atoms with Crippen LogP contribution in [0.2, 0.25) is 0 Å². The molecular weight excluding hydrogens is 188 g/mol. The van der Waals surface area contributed by atoms with Gasteiger partial charge in [-0.15, -0.1) is 0 Å². The highest BCUT2D eigenvalue weighted by atomic mass is 16.6. The second-order valence-electron chi connectivity index (χ2n) is 3.09. The molecule has 7 nitrogen and oxygen atoms in total. The molecule has 2 heterocycles. The molecule has 14 heavy (non-hydrogen) atoms. The van der Waals surface area contributed by atoms with E-state index < -0.39 is 4.92 Å². The van der Waals surface area contributed by atoms with Crippen LogP contribution in [-0.4, -0.2) is 34.2 Å². The lowest BCUT2D eigenvalue weighted by Crippen LogP contribution is -2.39. The molecule has 0 radical (unpaired) electrons. The van der Waals surface area contributed by atoms with Crippen LogP contribution >= 0.6 is 0 Å². The third-order valence-electron chi connectivity index (χ3n) is 2.15. The van der Waals surface area contributed by atoms with Crippen molar-refractivity contribution in [1.29, 1.82) is 0 Å². The van der Waals surface area contributed by atoms with Crippen LogP contribution in [-0.2, 0) is 6.54 Å². The summed E-state index contributed by atoms with van der Waals surface area (Å²) in [5.41, 5.74) is 0. The maximum Gasteiger partial charge on any atom is 0.414 e. The Balaban J connectivity index is 2.25. The number of rotatable bonds is 2. The normalized spacial score (nSPS) is 19.9. The van der Waals surface area contributed by atoms with E-state index in [4.69, 9.17) is 4.74 Å². The number of nitro groups is 1. The molecule has 2 rings (SSSR count). The lowest BCUT2D eigenvalue weighted by Gasteiger charge is -2.20. The van der Waals surface area contributed by atoms with E-state index in [1.165, 1.54) is 6.20 Å². The number of hydrogen-bond donors (Lipinski definition) is 1. The number of nitrogens with zero attached hydrogens (tertiary/aromatic N) is 3. The minimum Gasteiger partial charge on any atom is -0.444 e. The standard InChI is InChI=1S/C7H10N4O3/c1-8-5-2-10-3-6(11(12)13)9-7(10)14-4-5/h3,5,8H,2,4H2,1H3. The Morgan fingerprint density at radius 1 is 1.86 bits per heavy atom. The van der Waals surface area contributed by atoms with Crippen molar-refractivity contribution < 1.29 is 9.66 Å². The highest BCUT2D eigenvalue weighted by molar-refractivity contribution is 5.21. The lowest BCUT2D eigenvalue weighted by atomic mass is 10.3. The predicted octanol–water partition coefficient (Wildman–Crippen LogP) is -0.228. The van der Waals surface area contributed by atoms with Crippen molar-refractivity contribution in [3.8, 4) is 6.01 Å². The summed E-state index contributed by atoms with van der Waals surface area (Å²) in [6.07, 6.45) is 1.39. The summed E-state index contributed by atoms with van der Waals surface area (Å²) >= 11 is 0. The summed E-state index contributed by atoms with van der Waals surface area (Å²) in [4.78, 5) is 13.6. The Morgan fingerprint density at radius 3 is 3.29 bits per heavy atom. The van der Waals surface area contributed by atoms with Gasteiger partial charge in [0.15, 0.2) is 0 Å². The fraction of sp³-hybridized carbons (Fsp3) is 0.571. The average Bonchev–Trinajstić information content (AvgIpc) is 2.59. The Labute approximate surface area is 79.8 Å². The molecule has 1 aliphatic heterocycles. The number of likely N-dealkylation sites (N-methyl/N-ethyl adjacent to an activating group) is 1. The second-order valence-corrected chi connectivity index (χ2v) is 3.09. The smallest absolute Gasteiger partial charge is 0.414 e. The highest BCUT2D eigenvalue weighted by Crippen LogP contribution is 2.20. The van der Waals surface area contributed by atoms with Gasteiger partial charge in [-0.1, -0.05) is 0 Å². The van der Waals surface area contributed by atoms with Crippen molar-refractivity contribution in [2.45, 2.75) is 12.6 Å². The first-order valence-electron chi connectivity index (χ1n) is 4.22. The van der Waals surface area contributed by atoms with Gasteiger partial charge in [0.25, 0.3) is 0 Å². The van der Waals surface area contributed by atoms with E-state index in [-0.39, 0.29) is 11.9 Å². The molecule has 0 spiro atoms. The van der Waals surface area contributed by atoms with E-state index in [1.54, 1.807) is 4.57 Å². The zero-order chi connectivity index (χ0) is 10.1. The number of fused-ring (bicyclic) bond motifs is 1. The minimum absolute atomic E-state index is 0.170. The fourth-order valence-corrected chi connectivity index (χ4v) is 1.36. The van der Waals surface area contributed by atoms with Crippen molar-refractivity contribution >= 4 is 5.82 Å². The Kier molecular flexibility index (Phi) is 2.08. The van der Waals surface area contributed by atoms with Crippen LogP contribution < -0.4 is 10.1 Å². The Morgan fingerprint density at radius 2 is 2.64 bits per heavy atom. The van der Waals surface area contributed by atoms with Crippen LogP contribution in [0, 0.1) is 10.1 Å². The molecule has 1 atom stereocenters. The molecule has 0 saturated heterocycles. The van der Waals surface area contributed by atoms with Crippen molar-refractivity contribution in [3.63, 3.8) is 0 Å². The van der Waals surface area contributed by atoms with E-state index in [0.717, 1.165) is 0 Å². The van der Waals surface area contributed by atoms with Crippen LogP contribution in [0.1, 0.15) is 0 Å². The summed E-state index contributed by atoms with van der Waals surface area (Å²) < 4.78 is 6.88. The van der Waals surface area contributed by atoms with Crippen molar-refractivity contribution in [3.05, 3.63) is 16.3 Å². The minimum atomic E-state index is -0.525. The van der Waals surface area contributed by atoms with Crippen molar-refractivity contribution in [2.24, 2.45) is 0 Å². The van der Waals surface area contributed by atoms with Gasteiger partial charge in [-0.3, -0.25) is 4.57 Å². The van der Waals surface area contributed by atoms with Crippen LogP contribution in [0.4, 0.5) is 5.82 Å². The van der Waals surface area contributed by atoms with Crippen molar-refractivity contribution in [2.75, 3.05) is 13.7 Å². The quantitative estimate of drug-likeness (QED) is 0.524. The molecule has 76 valence electrons. The van der Waals surface area contributed by atoms with Gasteiger partial charge in [-0.2, -0.15) is 0 Å². The Bertz CT molecular complexity index is 362. The SMILES string of the molecule is CNC1COc2nc([N+](=O)[O-])cn2C1. The van der Waals surface area contributed by atoms with E-state index in [9.17, 15) is 10.1 Å². The first-order chi connectivity index (χ1) is 6.70. The van der Waals surface area contributed by atoms with Crippen LogP contribution in [0.5, 0.6) is 6.01 Å². The summed E-state index contributed by atoms with van der Waals surface area (Å²) in [6, 6.07) is 0.500. The van der Waals surface area contributed by atoms with Gasteiger partial charge in [-0.05, 0) is 12.0 Å². The molecule has 0 saturated carbocycles. The molecule has 1 aliphatic rings. The molecule has 0 aromatic carbocycles. The summed E-state index contributed by atoms with van der Waals surface area (Å²) in [5, 5.41) is 13.5. The summed E-state index contributed by atoms with van der Waals surface area (Å²) in [7, 11) is 1.82. The third-order valence-corrected chi connectivity index (χ3v) is 2.15. The zero-order valence-electron chi connectivity index (χ0n) is 7.64. The van der Waals surface area contributed by atoms with E-state index in [2.05, 4.69) is 10.3 Å². The lowest BCUT2D eigenvalue weighted by molar-refractivity contribution is -0.389. The third kappa shape index (κ3) is 1.41. The van der Waals surface area contributed by atoms with Gasteiger partial charge in [-0.25, -0.2) is 0 Å². The average molecular weight is 198 g/mol. The maximum absolute atomic E-state index is 10.4. The van der Waals surface area contributed by atoms with Crippen LogP contribution in [0.25, 0.3) is 0 Å². The summed E-state index contributed by atoms with van der Waals surface area (Å²) in [5.74, 6) is -0.170. The van der Waals surface area contributed by atoms with E-state index >= 15 is 0 Å². The highest BCUT2D eigenvalue weighted by Gasteiger charge is 2.26. The Hall–Kier alpha value is -1.63. The van der Waals surface area contributed by atoms with Crippen LogP contribution in [0.3, 0.4) is 0 Å². The van der Waals surface area contributed by atoms with Gasteiger partial charge in [0.2, 0.25) is 0 Å². The topological polar surface area (TPSA) is 82.2 Å². The number of ether oxygens (including phenoxy) is 1. The molecule has 0 amide bonds. The largest absolute Gasteiger partial charge is 0.444 e. The van der Waals surface area contributed by atoms with Gasteiger partial charge in [0, 0.05) is 11.5 Å². The number of hydrogen-bond acceptors (Lipinski definition) is 5. The predicted molar refractivity (Wildman–Crippen MR) is 47.2 cm³/mol. The van der Waals surface area contributed by atoms with Gasteiger partial charge >= 0.3 is 11.8 Å². The van der Waals surface area contributed by atoms with Gasteiger partial charge < -0.3 is 20.2 Å². The molecule has 1 unspecified atom stereocenters. The van der Waals surface area contributed by atoms with E-state index in [0.29, 0.717) is 19.2 Å². The molecule has 1 N–H and O–H groups in total. The zero-order valence-corrected chi connectivity index (χ0v) is 7.64. The molecule has 0 bridgehead atoms. The molecule has 0 fully saturated rings. The molecular formula is C7H10N4O3. The van der Waals surface area contributed by atoms with Gasteiger partial charge in [0.05, 0.1) is 6.04 Å². The molecule has 0 aliphatic carbocycles. The number of nitrogens with one attached hydrogen (secondary N) is 1.